The molecule has 2 aromatic carbocycles. The molecular formula is C20H19N5O2. The Morgan fingerprint density at radius 2 is 1.78 bits per heavy atom. The molecule has 1 saturated heterocycles. The number of hydrogen-bond donors (Lipinski definition) is 1. The second-order valence-corrected chi connectivity index (χ2v) is 6.52. The van der Waals surface area contributed by atoms with E-state index in [-0.39, 0.29) is 18.4 Å². The lowest BCUT2D eigenvalue weighted by atomic mass is 10.1. The number of carbonyl (C=O) groups is 2. The monoisotopic (exact) mass is 361 g/mol. The highest BCUT2D eigenvalue weighted by molar-refractivity contribution is 6.01. The van der Waals surface area contributed by atoms with Crippen LogP contribution >= 0.6 is 0 Å². The van der Waals surface area contributed by atoms with Gasteiger partial charge in [0.25, 0.3) is 5.91 Å². The van der Waals surface area contributed by atoms with Crippen molar-refractivity contribution in [3.8, 4) is 11.4 Å². The highest BCUT2D eigenvalue weighted by Crippen LogP contribution is 2.20. The zero-order chi connectivity index (χ0) is 18.8. The molecule has 1 fully saturated rings. The lowest BCUT2D eigenvalue weighted by Gasteiger charge is -2.34. The van der Waals surface area contributed by atoms with E-state index in [2.05, 4.69) is 15.2 Å². The van der Waals surface area contributed by atoms with Crippen molar-refractivity contribution in [3.63, 3.8) is 0 Å². The molecule has 0 unspecified atom stereocenters. The lowest BCUT2D eigenvalue weighted by Crippen LogP contribution is -2.52. The number of carbonyl (C=O) groups excluding carboxylic acids is 2. The Bertz CT molecular complexity index is 949. The van der Waals surface area contributed by atoms with E-state index in [9.17, 15) is 9.59 Å². The number of aryl methyl sites for hydroxylation is 1. The van der Waals surface area contributed by atoms with Crippen LogP contribution in [0.3, 0.4) is 0 Å². The lowest BCUT2D eigenvalue weighted by molar-refractivity contribution is -0.120. The van der Waals surface area contributed by atoms with Gasteiger partial charge in [0.1, 0.15) is 12.9 Å². The molecule has 4 rings (SSSR count). The van der Waals surface area contributed by atoms with Crippen LogP contribution in [0.4, 0.5) is 5.69 Å². The van der Waals surface area contributed by atoms with Crippen LogP contribution in [0.2, 0.25) is 0 Å². The molecule has 1 aliphatic rings. The smallest absolute Gasteiger partial charge is 0.254 e. The van der Waals surface area contributed by atoms with Crippen molar-refractivity contribution in [2.45, 2.75) is 6.92 Å². The molecule has 1 N–H and O–H groups in total. The number of amides is 2. The summed E-state index contributed by atoms with van der Waals surface area (Å²) in [6, 6.07) is 15.0. The number of H-pyrrole nitrogens is 1. The summed E-state index contributed by atoms with van der Waals surface area (Å²) in [5.74, 6) is 0.434. The molecule has 1 aliphatic heterocycles. The summed E-state index contributed by atoms with van der Waals surface area (Å²) in [7, 11) is 0. The van der Waals surface area contributed by atoms with Crippen LogP contribution in [0.15, 0.2) is 54.9 Å². The summed E-state index contributed by atoms with van der Waals surface area (Å²) in [6.45, 7) is 3.08. The molecule has 0 radical (unpaired) electrons. The molecule has 0 aliphatic carbocycles. The average Bonchev–Trinajstić information content (AvgIpc) is 3.23. The standard InChI is InChI=1S/C20H19N5O2/c1-14-2-8-17(9-3-14)25-11-10-24(12-18(25)26)20(27)16-6-4-15(5-7-16)19-21-13-22-23-19/h2-9,13H,10-12H2,1H3,(H,21,22,23). The van der Waals surface area contributed by atoms with Gasteiger partial charge < -0.3 is 9.80 Å². The minimum Gasteiger partial charge on any atom is -0.328 e. The van der Waals surface area contributed by atoms with Crippen molar-refractivity contribution in [1.29, 1.82) is 0 Å². The first-order valence-corrected chi connectivity index (χ1v) is 8.74. The largest absolute Gasteiger partial charge is 0.328 e. The van der Waals surface area contributed by atoms with Crippen LogP contribution in [-0.4, -0.2) is 51.5 Å². The third-order valence-corrected chi connectivity index (χ3v) is 4.67. The summed E-state index contributed by atoms with van der Waals surface area (Å²) in [5.41, 5.74) is 3.42. The van der Waals surface area contributed by atoms with Gasteiger partial charge >= 0.3 is 0 Å². The van der Waals surface area contributed by atoms with Gasteiger partial charge in [0, 0.05) is 29.9 Å². The second kappa shape index (κ2) is 7.03. The van der Waals surface area contributed by atoms with Crippen molar-refractivity contribution in [2.24, 2.45) is 0 Å². The molecule has 1 aromatic heterocycles. The average molecular weight is 361 g/mol. The highest BCUT2D eigenvalue weighted by Gasteiger charge is 2.28. The van der Waals surface area contributed by atoms with E-state index in [4.69, 9.17) is 0 Å². The highest BCUT2D eigenvalue weighted by atomic mass is 16.2. The number of aromatic nitrogens is 3. The first kappa shape index (κ1) is 17.0. The summed E-state index contributed by atoms with van der Waals surface area (Å²) in [4.78, 5) is 32.7. The summed E-state index contributed by atoms with van der Waals surface area (Å²) < 4.78 is 0. The third-order valence-electron chi connectivity index (χ3n) is 4.67. The van der Waals surface area contributed by atoms with Gasteiger partial charge in [-0.1, -0.05) is 29.8 Å². The van der Waals surface area contributed by atoms with Gasteiger partial charge in [-0.2, -0.15) is 5.10 Å². The first-order chi connectivity index (χ1) is 13.1. The van der Waals surface area contributed by atoms with Crippen molar-refractivity contribution in [2.75, 3.05) is 24.5 Å². The number of anilines is 1. The Morgan fingerprint density at radius 3 is 2.41 bits per heavy atom. The van der Waals surface area contributed by atoms with E-state index in [1.165, 1.54) is 6.33 Å². The Balaban J connectivity index is 1.44. The van der Waals surface area contributed by atoms with Gasteiger partial charge in [-0.3, -0.25) is 14.7 Å². The van der Waals surface area contributed by atoms with Crippen molar-refractivity contribution in [3.05, 3.63) is 66.0 Å². The molecule has 0 atom stereocenters. The topological polar surface area (TPSA) is 82.2 Å². The van der Waals surface area contributed by atoms with Gasteiger partial charge in [0.15, 0.2) is 5.82 Å². The first-order valence-electron chi connectivity index (χ1n) is 8.74. The fourth-order valence-corrected chi connectivity index (χ4v) is 3.14. The molecule has 2 heterocycles. The van der Waals surface area contributed by atoms with Gasteiger partial charge in [0.2, 0.25) is 5.91 Å². The number of benzene rings is 2. The molecule has 7 nitrogen and oxygen atoms in total. The molecule has 0 spiro atoms. The third kappa shape index (κ3) is 3.44. The molecule has 0 bridgehead atoms. The van der Waals surface area contributed by atoms with E-state index >= 15 is 0 Å². The summed E-state index contributed by atoms with van der Waals surface area (Å²) in [5, 5.41) is 6.61. The van der Waals surface area contributed by atoms with Gasteiger partial charge in [-0.15, -0.1) is 0 Å². The number of nitrogens with zero attached hydrogens (tertiary/aromatic N) is 4. The minimum atomic E-state index is -0.143. The van der Waals surface area contributed by atoms with E-state index < -0.39 is 0 Å². The number of nitrogens with one attached hydrogen (secondary N) is 1. The number of hydrogen-bond acceptors (Lipinski definition) is 4. The maximum absolute atomic E-state index is 12.8. The van der Waals surface area contributed by atoms with Crippen LogP contribution in [0, 0.1) is 6.92 Å². The van der Waals surface area contributed by atoms with Crippen molar-refractivity contribution >= 4 is 17.5 Å². The van der Waals surface area contributed by atoms with Gasteiger partial charge in [-0.05, 0) is 31.2 Å². The van der Waals surface area contributed by atoms with Crippen LogP contribution < -0.4 is 4.90 Å². The molecule has 0 saturated carbocycles. The summed E-state index contributed by atoms with van der Waals surface area (Å²) in [6.07, 6.45) is 1.44. The predicted octanol–water partition coefficient (Wildman–Crippen LogP) is 2.27. The van der Waals surface area contributed by atoms with Crippen molar-refractivity contribution < 1.29 is 9.59 Å². The zero-order valence-corrected chi connectivity index (χ0v) is 14.9. The predicted molar refractivity (Wildman–Crippen MR) is 101 cm³/mol. The molecule has 7 heteroatoms. The summed E-state index contributed by atoms with van der Waals surface area (Å²) >= 11 is 0. The van der Waals surface area contributed by atoms with Gasteiger partial charge in [0.05, 0.1) is 0 Å². The molecular weight excluding hydrogens is 342 g/mol. The zero-order valence-electron chi connectivity index (χ0n) is 14.9. The molecule has 3 aromatic rings. The van der Waals surface area contributed by atoms with E-state index in [0.717, 1.165) is 16.8 Å². The minimum absolute atomic E-state index is 0.0725. The second-order valence-electron chi connectivity index (χ2n) is 6.52. The maximum atomic E-state index is 12.8. The number of rotatable bonds is 3. The quantitative estimate of drug-likeness (QED) is 0.776. The normalized spacial score (nSPS) is 14.5. The van der Waals surface area contributed by atoms with E-state index in [0.29, 0.717) is 24.5 Å². The Hall–Kier alpha value is -3.48. The van der Waals surface area contributed by atoms with Crippen LogP contribution in [-0.2, 0) is 4.79 Å². The SMILES string of the molecule is Cc1ccc(N2CCN(C(=O)c3ccc(-c4ncn[nH]4)cc3)CC2=O)cc1. The Morgan fingerprint density at radius 1 is 1.04 bits per heavy atom. The molecule has 27 heavy (non-hydrogen) atoms. The Labute approximate surface area is 156 Å². The van der Waals surface area contributed by atoms with Crippen molar-refractivity contribution in [1.82, 2.24) is 20.1 Å². The molecule has 136 valence electrons. The maximum Gasteiger partial charge on any atom is 0.254 e. The van der Waals surface area contributed by atoms with Crippen LogP contribution in [0.25, 0.3) is 11.4 Å². The van der Waals surface area contributed by atoms with Gasteiger partial charge in [-0.25, -0.2) is 4.98 Å². The van der Waals surface area contributed by atoms with E-state index in [1.54, 1.807) is 21.9 Å². The number of piperazine rings is 1. The fourth-order valence-electron chi connectivity index (χ4n) is 3.14. The molecule has 2 amide bonds. The fraction of sp³-hybridized carbons (Fsp3) is 0.200. The Kier molecular flexibility index (Phi) is 4.42. The van der Waals surface area contributed by atoms with E-state index in [1.807, 2.05) is 43.3 Å². The van der Waals surface area contributed by atoms with Crippen LogP contribution in [0.5, 0.6) is 0 Å². The number of aromatic amines is 1. The van der Waals surface area contributed by atoms with Crippen LogP contribution in [0.1, 0.15) is 15.9 Å².